The van der Waals surface area contributed by atoms with Crippen LogP contribution in [0.5, 0.6) is 0 Å². The molecule has 0 aromatic carbocycles. The van der Waals surface area contributed by atoms with Gasteiger partial charge in [-0.15, -0.1) is 0 Å². The molecule has 1 fully saturated rings. The SMILES string of the molecule is C[C@H](N)[C@@H](CC(=O)OC(C)(C)C)[C@@H]1CCCO1. The molecule has 100 valence electrons. The maximum atomic E-state index is 11.8. The van der Waals surface area contributed by atoms with Gasteiger partial charge in [-0.2, -0.15) is 0 Å². The minimum atomic E-state index is -0.435. The average molecular weight is 243 g/mol. The van der Waals surface area contributed by atoms with Gasteiger partial charge in [0.2, 0.25) is 0 Å². The fraction of sp³-hybridized carbons (Fsp3) is 0.923. The van der Waals surface area contributed by atoms with Gasteiger partial charge < -0.3 is 15.2 Å². The maximum absolute atomic E-state index is 11.8. The highest BCUT2D eigenvalue weighted by atomic mass is 16.6. The highest BCUT2D eigenvalue weighted by Gasteiger charge is 2.32. The van der Waals surface area contributed by atoms with Crippen LogP contribution in [0.2, 0.25) is 0 Å². The van der Waals surface area contributed by atoms with Gasteiger partial charge in [-0.05, 0) is 40.5 Å². The average Bonchev–Trinajstić information content (AvgIpc) is 2.63. The van der Waals surface area contributed by atoms with E-state index in [0.717, 1.165) is 19.4 Å². The van der Waals surface area contributed by atoms with Gasteiger partial charge in [-0.3, -0.25) is 4.79 Å². The molecule has 0 aromatic heterocycles. The minimum Gasteiger partial charge on any atom is -0.460 e. The van der Waals surface area contributed by atoms with Crippen LogP contribution in [0.3, 0.4) is 0 Å². The molecule has 0 aromatic rings. The molecule has 0 saturated carbocycles. The van der Waals surface area contributed by atoms with Gasteiger partial charge >= 0.3 is 5.97 Å². The van der Waals surface area contributed by atoms with Crippen molar-refractivity contribution < 1.29 is 14.3 Å². The maximum Gasteiger partial charge on any atom is 0.306 e. The van der Waals surface area contributed by atoms with E-state index >= 15 is 0 Å². The van der Waals surface area contributed by atoms with E-state index in [4.69, 9.17) is 15.2 Å². The number of esters is 1. The molecule has 3 atom stereocenters. The summed E-state index contributed by atoms with van der Waals surface area (Å²) in [7, 11) is 0. The van der Waals surface area contributed by atoms with E-state index in [1.165, 1.54) is 0 Å². The summed E-state index contributed by atoms with van der Waals surface area (Å²) >= 11 is 0. The Labute approximate surface area is 104 Å². The molecule has 0 aliphatic carbocycles. The monoisotopic (exact) mass is 243 g/mol. The zero-order valence-corrected chi connectivity index (χ0v) is 11.4. The summed E-state index contributed by atoms with van der Waals surface area (Å²) in [5.41, 5.74) is 5.51. The quantitative estimate of drug-likeness (QED) is 0.766. The molecule has 1 saturated heterocycles. The smallest absolute Gasteiger partial charge is 0.306 e. The molecule has 17 heavy (non-hydrogen) atoms. The highest BCUT2D eigenvalue weighted by Crippen LogP contribution is 2.26. The number of nitrogens with two attached hydrogens (primary N) is 1. The molecule has 0 radical (unpaired) electrons. The van der Waals surface area contributed by atoms with E-state index in [9.17, 15) is 4.79 Å². The lowest BCUT2D eigenvalue weighted by atomic mass is 9.90. The normalized spacial score (nSPS) is 24.4. The third kappa shape index (κ3) is 5.04. The molecule has 1 rings (SSSR count). The summed E-state index contributed by atoms with van der Waals surface area (Å²) in [6.45, 7) is 8.33. The highest BCUT2D eigenvalue weighted by molar-refractivity contribution is 5.70. The van der Waals surface area contributed by atoms with Gasteiger partial charge in [0, 0.05) is 18.6 Å². The summed E-state index contributed by atoms with van der Waals surface area (Å²) in [6, 6.07) is -0.0504. The van der Waals surface area contributed by atoms with Gasteiger partial charge in [0.25, 0.3) is 0 Å². The van der Waals surface area contributed by atoms with Crippen LogP contribution < -0.4 is 5.73 Å². The molecule has 0 spiro atoms. The molecule has 4 heteroatoms. The Kier molecular flexibility index (Phi) is 4.95. The molecule has 0 unspecified atom stereocenters. The second-order valence-electron chi connectivity index (χ2n) is 5.87. The third-order valence-corrected chi connectivity index (χ3v) is 2.94. The Morgan fingerprint density at radius 3 is 2.59 bits per heavy atom. The first kappa shape index (κ1) is 14.5. The second-order valence-corrected chi connectivity index (χ2v) is 5.87. The summed E-state index contributed by atoms with van der Waals surface area (Å²) < 4.78 is 10.9. The summed E-state index contributed by atoms with van der Waals surface area (Å²) in [6.07, 6.45) is 2.51. The number of carbonyl (C=O) groups excluding carboxylic acids is 1. The van der Waals surface area contributed by atoms with Gasteiger partial charge in [-0.1, -0.05) is 0 Å². The Morgan fingerprint density at radius 1 is 1.53 bits per heavy atom. The molecule has 2 N–H and O–H groups in total. The van der Waals surface area contributed by atoms with Crippen molar-refractivity contribution in [3.63, 3.8) is 0 Å². The summed E-state index contributed by atoms with van der Waals surface area (Å²) in [5.74, 6) is -0.123. The van der Waals surface area contributed by atoms with E-state index in [2.05, 4.69) is 0 Å². The number of carbonyl (C=O) groups is 1. The lowest BCUT2D eigenvalue weighted by Crippen LogP contribution is -2.38. The van der Waals surface area contributed by atoms with Crippen molar-refractivity contribution in [2.24, 2.45) is 11.7 Å². The van der Waals surface area contributed by atoms with Crippen molar-refractivity contribution in [2.75, 3.05) is 6.61 Å². The van der Waals surface area contributed by atoms with E-state index in [1.54, 1.807) is 0 Å². The molecule has 4 nitrogen and oxygen atoms in total. The van der Waals surface area contributed by atoms with Crippen molar-refractivity contribution >= 4 is 5.97 Å². The summed E-state index contributed by atoms with van der Waals surface area (Å²) in [5, 5.41) is 0. The van der Waals surface area contributed by atoms with Crippen LogP contribution in [0.1, 0.15) is 47.0 Å². The van der Waals surface area contributed by atoms with Crippen LogP contribution >= 0.6 is 0 Å². The Hall–Kier alpha value is -0.610. The van der Waals surface area contributed by atoms with Crippen LogP contribution in [0.4, 0.5) is 0 Å². The number of hydrogen-bond acceptors (Lipinski definition) is 4. The van der Waals surface area contributed by atoms with E-state index in [-0.39, 0.29) is 24.0 Å². The molecular weight excluding hydrogens is 218 g/mol. The van der Waals surface area contributed by atoms with Crippen molar-refractivity contribution in [1.82, 2.24) is 0 Å². The molecule has 1 aliphatic heterocycles. The Balaban J connectivity index is 2.52. The topological polar surface area (TPSA) is 61.6 Å². The standard InChI is InChI=1S/C13H25NO3/c1-9(14)10(11-6-5-7-16-11)8-12(15)17-13(2,3)4/h9-11H,5-8,14H2,1-4H3/t9-,10+,11-/m0/s1. The van der Waals surface area contributed by atoms with Gasteiger partial charge in [0.15, 0.2) is 0 Å². The minimum absolute atomic E-state index is 0.0504. The lowest BCUT2D eigenvalue weighted by molar-refractivity contribution is -0.157. The molecule has 1 aliphatic rings. The van der Waals surface area contributed by atoms with Crippen LogP contribution in [0, 0.1) is 5.92 Å². The van der Waals surface area contributed by atoms with E-state index in [0.29, 0.717) is 6.42 Å². The van der Waals surface area contributed by atoms with E-state index < -0.39 is 5.60 Å². The number of hydrogen-bond donors (Lipinski definition) is 1. The first-order valence-corrected chi connectivity index (χ1v) is 6.38. The molecule has 1 heterocycles. The third-order valence-electron chi connectivity index (χ3n) is 2.94. The first-order valence-electron chi connectivity index (χ1n) is 6.38. The summed E-state index contributed by atoms with van der Waals surface area (Å²) in [4.78, 5) is 11.8. The number of rotatable bonds is 4. The van der Waals surface area contributed by atoms with Crippen LogP contribution in [-0.4, -0.2) is 30.3 Å². The Bertz CT molecular complexity index is 252. The fourth-order valence-corrected chi connectivity index (χ4v) is 2.17. The number of ether oxygens (including phenoxy) is 2. The van der Waals surface area contributed by atoms with Crippen molar-refractivity contribution in [1.29, 1.82) is 0 Å². The van der Waals surface area contributed by atoms with E-state index in [1.807, 2.05) is 27.7 Å². The first-order chi connectivity index (χ1) is 7.79. The van der Waals surface area contributed by atoms with Gasteiger partial charge in [-0.25, -0.2) is 0 Å². The van der Waals surface area contributed by atoms with Crippen LogP contribution in [0.25, 0.3) is 0 Å². The second kappa shape index (κ2) is 5.83. The fourth-order valence-electron chi connectivity index (χ4n) is 2.17. The van der Waals surface area contributed by atoms with Crippen molar-refractivity contribution in [2.45, 2.75) is 64.7 Å². The van der Waals surface area contributed by atoms with Crippen LogP contribution in [-0.2, 0) is 14.3 Å². The van der Waals surface area contributed by atoms with Crippen molar-refractivity contribution in [3.8, 4) is 0 Å². The van der Waals surface area contributed by atoms with Crippen LogP contribution in [0.15, 0.2) is 0 Å². The predicted molar refractivity (Wildman–Crippen MR) is 66.6 cm³/mol. The van der Waals surface area contributed by atoms with Gasteiger partial charge in [0.05, 0.1) is 12.5 Å². The molecular formula is C13H25NO3. The largest absolute Gasteiger partial charge is 0.460 e. The molecule has 0 bridgehead atoms. The predicted octanol–water partition coefficient (Wildman–Crippen LogP) is 1.86. The van der Waals surface area contributed by atoms with Gasteiger partial charge in [0.1, 0.15) is 5.60 Å². The zero-order valence-electron chi connectivity index (χ0n) is 11.4. The van der Waals surface area contributed by atoms with Crippen molar-refractivity contribution in [3.05, 3.63) is 0 Å². The lowest BCUT2D eigenvalue weighted by Gasteiger charge is -2.27. The molecule has 0 amide bonds. The zero-order chi connectivity index (χ0) is 13.1. The Morgan fingerprint density at radius 2 is 2.18 bits per heavy atom.